The highest BCUT2D eigenvalue weighted by atomic mass is 16.6. The highest BCUT2D eigenvalue weighted by molar-refractivity contribution is 5.37. The minimum Gasteiger partial charge on any atom is -0.504 e. The summed E-state index contributed by atoms with van der Waals surface area (Å²) in [6.07, 6.45) is 0. The summed E-state index contributed by atoms with van der Waals surface area (Å²) in [4.78, 5) is 4.29. The maximum absolute atomic E-state index is 8.91. The van der Waals surface area contributed by atoms with Gasteiger partial charge in [-0.1, -0.05) is 48.5 Å². The molecule has 0 aromatic heterocycles. The van der Waals surface area contributed by atoms with Gasteiger partial charge in [0, 0.05) is 0 Å². The van der Waals surface area contributed by atoms with Gasteiger partial charge < -0.3 is 9.94 Å². The van der Waals surface area contributed by atoms with E-state index in [0.717, 1.165) is 0 Å². The Morgan fingerprint density at radius 2 is 1.27 bits per heavy atom. The molecule has 0 aliphatic heterocycles. The maximum atomic E-state index is 8.91. The highest BCUT2D eigenvalue weighted by Crippen LogP contribution is 2.22. The normalized spacial score (nSPS) is 8.60. The van der Waals surface area contributed by atoms with Crippen molar-refractivity contribution in [2.24, 2.45) is 5.90 Å². The zero-order chi connectivity index (χ0) is 10.9. The van der Waals surface area contributed by atoms with Crippen LogP contribution in [-0.2, 0) is 0 Å². The van der Waals surface area contributed by atoms with Crippen molar-refractivity contribution in [1.82, 2.24) is 0 Å². The molecule has 0 saturated carbocycles. The third-order valence-corrected chi connectivity index (χ3v) is 1.66. The minimum absolute atomic E-state index is 0.0556. The zero-order valence-electron chi connectivity index (χ0n) is 8.21. The molecule has 0 fully saturated rings. The van der Waals surface area contributed by atoms with Gasteiger partial charge in [-0.2, -0.15) is 5.90 Å². The molecule has 3 N–H and O–H groups in total. The van der Waals surface area contributed by atoms with Gasteiger partial charge in [-0.3, -0.25) is 0 Å². The lowest BCUT2D eigenvalue weighted by atomic mass is 10.3. The summed E-state index contributed by atoms with van der Waals surface area (Å²) in [6, 6.07) is 18.5. The third kappa shape index (κ3) is 4.15. The summed E-state index contributed by atoms with van der Waals surface area (Å²) < 4.78 is 0. The Hall–Kier alpha value is -2.00. The maximum Gasteiger partial charge on any atom is 0.188 e. The van der Waals surface area contributed by atoms with E-state index in [0.29, 0.717) is 0 Å². The van der Waals surface area contributed by atoms with E-state index in [1.165, 1.54) is 6.07 Å². The van der Waals surface area contributed by atoms with E-state index in [1.54, 1.807) is 18.2 Å². The van der Waals surface area contributed by atoms with Crippen LogP contribution >= 0.6 is 0 Å². The monoisotopic (exact) mass is 203 g/mol. The summed E-state index contributed by atoms with van der Waals surface area (Å²) in [5.41, 5.74) is 0. The van der Waals surface area contributed by atoms with Crippen LogP contribution in [0.15, 0.2) is 60.7 Å². The fraction of sp³-hybridized carbons (Fsp3) is 0. The number of phenols is 1. The Balaban J connectivity index is 0.000000162. The Bertz CT molecular complexity index is 350. The van der Waals surface area contributed by atoms with Gasteiger partial charge in [-0.25, -0.2) is 0 Å². The van der Waals surface area contributed by atoms with E-state index in [4.69, 9.17) is 11.0 Å². The Labute approximate surface area is 88.7 Å². The fourth-order valence-electron chi connectivity index (χ4n) is 0.942. The number of phenolic OH excluding ortho intramolecular Hbond substituents is 1. The van der Waals surface area contributed by atoms with Crippen molar-refractivity contribution in [3.8, 4) is 11.5 Å². The molecule has 15 heavy (non-hydrogen) atoms. The van der Waals surface area contributed by atoms with Crippen LogP contribution in [0.3, 0.4) is 0 Å². The van der Waals surface area contributed by atoms with Gasteiger partial charge in [0.15, 0.2) is 11.5 Å². The first-order valence-corrected chi connectivity index (χ1v) is 4.49. The lowest BCUT2D eigenvalue weighted by Crippen LogP contribution is -2.01. The predicted octanol–water partition coefficient (Wildman–Crippen LogP) is 2.33. The molecule has 0 amide bonds. The molecule has 2 aromatic rings. The first kappa shape index (κ1) is 11.1. The van der Waals surface area contributed by atoms with E-state index in [9.17, 15) is 0 Å². The van der Waals surface area contributed by atoms with Crippen molar-refractivity contribution in [2.45, 2.75) is 0 Å². The predicted molar refractivity (Wildman–Crippen MR) is 59.4 cm³/mol. The minimum atomic E-state index is 0.0556. The average molecular weight is 203 g/mol. The van der Waals surface area contributed by atoms with Crippen LogP contribution in [0.4, 0.5) is 0 Å². The molecular formula is C12H13NO2. The number of para-hydroxylation sites is 2. The summed E-state index contributed by atoms with van der Waals surface area (Å²) in [5.74, 6) is 5.14. The van der Waals surface area contributed by atoms with Crippen molar-refractivity contribution in [1.29, 1.82) is 0 Å². The Kier molecular flexibility index (Phi) is 4.77. The summed E-state index contributed by atoms with van der Waals surface area (Å²) in [5, 5.41) is 8.91. The molecule has 0 saturated heterocycles. The molecule has 0 unspecified atom stereocenters. The van der Waals surface area contributed by atoms with E-state index < -0.39 is 0 Å². The van der Waals surface area contributed by atoms with Crippen molar-refractivity contribution >= 4 is 0 Å². The first-order chi connectivity index (χ1) is 7.34. The summed E-state index contributed by atoms with van der Waals surface area (Å²) >= 11 is 0. The van der Waals surface area contributed by atoms with Crippen molar-refractivity contribution in [3.63, 3.8) is 0 Å². The molecule has 0 bridgehead atoms. The second-order valence-electron chi connectivity index (χ2n) is 2.74. The molecule has 2 rings (SSSR count). The molecule has 2 aromatic carbocycles. The largest absolute Gasteiger partial charge is 0.504 e. The third-order valence-electron chi connectivity index (χ3n) is 1.66. The van der Waals surface area contributed by atoms with Crippen molar-refractivity contribution in [2.75, 3.05) is 0 Å². The van der Waals surface area contributed by atoms with Gasteiger partial charge in [0.25, 0.3) is 0 Å². The molecule has 0 radical (unpaired) electrons. The van der Waals surface area contributed by atoms with Crippen molar-refractivity contribution < 1.29 is 9.94 Å². The molecule has 78 valence electrons. The SMILES string of the molecule is NOc1ccccc1O.c1ccccc1. The van der Waals surface area contributed by atoms with Crippen LogP contribution in [0.5, 0.6) is 11.5 Å². The number of aromatic hydroxyl groups is 1. The summed E-state index contributed by atoms with van der Waals surface area (Å²) in [7, 11) is 0. The number of hydrogen-bond acceptors (Lipinski definition) is 3. The second-order valence-corrected chi connectivity index (χ2v) is 2.74. The fourth-order valence-corrected chi connectivity index (χ4v) is 0.942. The average Bonchev–Trinajstić information content (AvgIpc) is 2.33. The van der Waals surface area contributed by atoms with E-state index in [-0.39, 0.29) is 11.5 Å². The summed E-state index contributed by atoms with van der Waals surface area (Å²) in [6.45, 7) is 0. The van der Waals surface area contributed by atoms with Gasteiger partial charge in [0.1, 0.15) is 0 Å². The quantitative estimate of drug-likeness (QED) is 0.699. The van der Waals surface area contributed by atoms with E-state index >= 15 is 0 Å². The van der Waals surface area contributed by atoms with Crippen LogP contribution < -0.4 is 10.7 Å². The molecule has 0 heterocycles. The van der Waals surface area contributed by atoms with Crippen LogP contribution in [0, 0.1) is 0 Å². The molecule has 0 aliphatic rings. The molecule has 0 aliphatic carbocycles. The number of rotatable bonds is 1. The molecule has 3 heteroatoms. The highest BCUT2D eigenvalue weighted by Gasteiger charge is 1.95. The lowest BCUT2D eigenvalue weighted by molar-refractivity contribution is 0.313. The smallest absolute Gasteiger partial charge is 0.188 e. The van der Waals surface area contributed by atoms with Gasteiger partial charge in [0.2, 0.25) is 0 Å². The molecule has 3 nitrogen and oxygen atoms in total. The molecular weight excluding hydrogens is 190 g/mol. The van der Waals surface area contributed by atoms with Crippen LogP contribution in [-0.4, -0.2) is 5.11 Å². The van der Waals surface area contributed by atoms with Crippen LogP contribution in [0.2, 0.25) is 0 Å². The van der Waals surface area contributed by atoms with Gasteiger partial charge in [0.05, 0.1) is 0 Å². The first-order valence-electron chi connectivity index (χ1n) is 4.49. The van der Waals surface area contributed by atoms with Crippen molar-refractivity contribution in [3.05, 3.63) is 60.7 Å². The topological polar surface area (TPSA) is 55.5 Å². The molecule has 0 atom stereocenters. The number of hydrogen-bond donors (Lipinski definition) is 2. The van der Waals surface area contributed by atoms with Gasteiger partial charge >= 0.3 is 0 Å². The molecule has 0 spiro atoms. The standard InChI is InChI=1S/C6H7NO2.C6H6/c7-9-6-4-2-1-3-5(6)8;1-2-4-6-5-3-1/h1-4,8H,7H2;1-6H. The second kappa shape index (κ2) is 6.45. The van der Waals surface area contributed by atoms with E-state index in [2.05, 4.69) is 4.84 Å². The van der Waals surface area contributed by atoms with Crippen LogP contribution in [0.25, 0.3) is 0 Å². The van der Waals surface area contributed by atoms with Gasteiger partial charge in [-0.15, -0.1) is 0 Å². The lowest BCUT2D eigenvalue weighted by Gasteiger charge is -1.98. The van der Waals surface area contributed by atoms with Crippen LogP contribution in [0.1, 0.15) is 0 Å². The Morgan fingerprint density at radius 3 is 1.60 bits per heavy atom. The number of benzene rings is 2. The number of nitrogens with two attached hydrogens (primary N) is 1. The van der Waals surface area contributed by atoms with E-state index in [1.807, 2.05) is 36.4 Å². The van der Waals surface area contributed by atoms with Gasteiger partial charge in [-0.05, 0) is 12.1 Å². The Morgan fingerprint density at radius 1 is 0.800 bits per heavy atom. The zero-order valence-corrected chi connectivity index (χ0v) is 8.21.